The number of aromatic nitrogens is 1. The van der Waals surface area contributed by atoms with E-state index < -0.39 is 0 Å². The summed E-state index contributed by atoms with van der Waals surface area (Å²) in [5.41, 5.74) is 2.13. The van der Waals surface area contributed by atoms with Gasteiger partial charge in [0, 0.05) is 44.2 Å². The van der Waals surface area contributed by atoms with E-state index in [9.17, 15) is 9.59 Å². The summed E-state index contributed by atoms with van der Waals surface area (Å²) in [6.45, 7) is 3.66. The van der Waals surface area contributed by atoms with Gasteiger partial charge >= 0.3 is 0 Å². The van der Waals surface area contributed by atoms with Crippen molar-refractivity contribution in [3.8, 4) is 0 Å². The third kappa shape index (κ3) is 4.13. The fourth-order valence-corrected chi connectivity index (χ4v) is 5.79. The molecule has 1 aliphatic heterocycles. The van der Waals surface area contributed by atoms with Gasteiger partial charge in [-0.1, -0.05) is 43.5 Å². The van der Waals surface area contributed by atoms with Crippen molar-refractivity contribution in [2.24, 2.45) is 5.92 Å². The van der Waals surface area contributed by atoms with Crippen molar-refractivity contribution < 1.29 is 4.79 Å². The maximum atomic E-state index is 13.2. The van der Waals surface area contributed by atoms with Crippen molar-refractivity contribution in [2.45, 2.75) is 38.6 Å². The third-order valence-corrected chi connectivity index (χ3v) is 7.66. The van der Waals surface area contributed by atoms with Gasteiger partial charge in [0.25, 0.3) is 11.5 Å². The fraction of sp³-hybridized carbons (Fsp3) is 0.440. The third-order valence-electron chi connectivity index (χ3n) is 6.80. The second-order valence-electron chi connectivity index (χ2n) is 8.76. The number of hydrogen-bond donors (Lipinski definition) is 0. The van der Waals surface area contributed by atoms with Crippen molar-refractivity contribution in [3.63, 3.8) is 0 Å². The van der Waals surface area contributed by atoms with Crippen LogP contribution < -0.4 is 10.5 Å². The molecule has 1 aromatic carbocycles. The highest BCUT2D eigenvalue weighted by molar-refractivity contribution is 7.12. The Kier molecular flexibility index (Phi) is 5.81. The quantitative estimate of drug-likeness (QED) is 0.601. The van der Waals surface area contributed by atoms with Gasteiger partial charge < -0.3 is 14.4 Å². The Bertz CT molecular complexity index is 1110. The van der Waals surface area contributed by atoms with Crippen molar-refractivity contribution in [2.75, 3.05) is 31.1 Å². The van der Waals surface area contributed by atoms with Crippen LogP contribution in [0.1, 0.15) is 41.8 Å². The number of amides is 1. The Labute approximate surface area is 186 Å². The molecule has 1 saturated carbocycles. The number of carbonyl (C=O) groups excluding carboxylic acids is 1. The molecular formula is C25H29N3O2S. The second kappa shape index (κ2) is 8.87. The van der Waals surface area contributed by atoms with Crippen LogP contribution in [0.25, 0.3) is 10.9 Å². The Morgan fingerprint density at radius 2 is 1.74 bits per heavy atom. The molecule has 162 valence electrons. The number of rotatable bonds is 4. The van der Waals surface area contributed by atoms with Crippen LogP contribution in [0, 0.1) is 5.92 Å². The predicted octanol–water partition coefficient (Wildman–Crippen LogP) is 4.61. The molecule has 1 saturated heterocycles. The molecule has 6 heteroatoms. The molecule has 1 aliphatic carbocycles. The lowest BCUT2D eigenvalue weighted by molar-refractivity contribution is 0.0752. The Balaban J connectivity index is 1.39. The highest BCUT2D eigenvalue weighted by Gasteiger charge is 2.25. The minimum atomic E-state index is 0.0939. The molecule has 5 rings (SSSR count). The standard InChI is InChI=1S/C25H29N3O2S/c29-24-17-22(26-12-14-27(15-13-26)25(30)23-11-6-16-31-23)20-9-4-5-10-21(20)28(24)18-19-7-2-1-3-8-19/h4-6,9-11,16-17,19H,1-3,7-8,12-15,18H2. The van der Waals surface area contributed by atoms with Crippen molar-refractivity contribution in [3.05, 3.63) is 63.1 Å². The fourth-order valence-electron chi connectivity index (χ4n) is 5.10. The summed E-state index contributed by atoms with van der Waals surface area (Å²) in [7, 11) is 0. The first-order valence-electron chi connectivity index (χ1n) is 11.4. The number of anilines is 1. The molecule has 0 unspecified atom stereocenters. The summed E-state index contributed by atoms with van der Waals surface area (Å²) in [5.74, 6) is 0.718. The number of fused-ring (bicyclic) bond motifs is 1. The van der Waals surface area contributed by atoms with E-state index in [0.717, 1.165) is 41.1 Å². The summed E-state index contributed by atoms with van der Waals surface area (Å²) >= 11 is 1.49. The number of carbonyl (C=O) groups is 1. The molecule has 2 aliphatic rings. The summed E-state index contributed by atoms with van der Waals surface area (Å²) in [6.07, 6.45) is 6.34. The number of pyridine rings is 1. The summed E-state index contributed by atoms with van der Waals surface area (Å²) in [4.78, 5) is 30.8. The van der Waals surface area contributed by atoms with E-state index in [2.05, 4.69) is 23.1 Å². The Morgan fingerprint density at radius 3 is 2.48 bits per heavy atom. The molecule has 0 bridgehead atoms. The molecule has 5 nitrogen and oxygen atoms in total. The lowest BCUT2D eigenvalue weighted by atomic mass is 9.89. The Morgan fingerprint density at radius 1 is 0.968 bits per heavy atom. The summed E-state index contributed by atoms with van der Waals surface area (Å²) in [6, 6.07) is 13.9. The van der Waals surface area contributed by atoms with Crippen LogP contribution >= 0.6 is 11.3 Å². The lowest BCUT2D eigenvalue weighted by Crippen LogP contribution is -2.49. The van der Waals surface area contributed by atoms with Crippen LogP contribution in [0.4, 0.5) is 5.69 Å². The van der Waals surface area contributed by atoms with E-state index in [-0.39, 0.29) is 11.5 Å². The second-order valence-corrected chi connectivity index (χ2v) is 9.70. The minimum absolute atomic E-state index is 0.0939. The molecule has 31 heavy (non-hydrogen) atoms. The van der Waals surface area contributed by atoms with Gasteiger partial charge in [-0.25, -0.2) is 0 Å². The zero-order chi connectivity index (χ0) is 21.2. The van der Waals surface area contributed by atoms with Crippen LogP contribution in [0.15, 0.2) is 52.6 Å². The molecule has 0 radical (unpaired) electrons. The van der Waals surface area contributed by atoms with Gasteiger partial charge in [-0.05, 0) is 36.3 Å². The number of thiophene rings is 1. The van der Waals surface area contributed by atoms with Crippen molar-refractivity contribution in [1.82, 2.24) is 9.47 Å². The average molecular weight is 436 g/mol. The summed E-state index contributed by atoms with van der Waals surface area (Å²) in [5, 5.41) is 3.08. The smallest absolute Gasteiger partial charge is 0.264 e. The number of nitrogens with zero attached hydrogens (tertiary/aromatic N) is 3. The monoisotopic (exact) mass is 435 g/mol. The number of hydrogen-bond acceptors (Lipinski definition) is 4. The van der Waals surface area contributed by atoms with Gasteiger partial charge in [-0.2, -0.15) is 0 Å². The first kappa shape index (κ1) is 20.3. The van der Waals surface area contributed by atoms with Gasteiger partial charge in [0.2, 0.25) is 0 Å². The maximum absolute atomic E-state index is 13.2. The highest BCUT2D eigenvalue weighted by Crippen LogP contribution is 2.29. The minimum Gasteiger partial charge on any atom is -0.367 e. The molecule has 3 aromatic rings. The van der Waals surface area contributed by atoms with Crippen molar-refractivity contribution >= 4 is 33.8 Å². The van der Waals surface area contributed by atoms with Gasteiger partial charge in [0.15, 0.2) is 0 Å². The van der Waals surface area contributed by atoms with E-state index in [0.29, 0.717) is 19.0 Å². The van der Waals surface area contributed by atoms with Gasteiger partial charge in [-0.15, -0.1) is 11.3 Å². The molecule has 0 atom stereocenters. The summed E-state index contributed by atoms with van der Waals surface area (Å²) < 4.78 is 1.99. The number of para-hydroxylation sites is 1. The van der Waals surface area contributed by atoms with Crippen molar-refractivity contribution in [1.29, 1.82) is 0 Å². The zero-order valence-corrected chi connectivity index (χ0v) is 18.7. The maximum Gasteiger partial charge on any atom is 0.264 e. The van der Waals surface area contributed by atoms with E-state index in [1.165, 1.54) is 43.4 Å². The first-order valence-corrected chi connectivity index (χ1v) is 12.3. The Hall–Kier alpha value is -2.60. The average Bonchev–Trinajstić information content (AvgIpc) is 3.36. The molecule has 3 heterocycles. The van der Waals surface area contributed by atoms with Crippen LogP contribution in [0.5, 0.6) is 0 Å². The van der Waals surface area contributed by atoms with Crippen LogP contribution in [0.2, 0.25) is 0 Å². The predicted molar refractivity (Wildman–Crippen MR) is 127 cm³/mol. The molecule has 1 amide bonds. The van der Waals surface area contributed by atoms with Crippen LogP contribution in [0.3, 0.4) is 0 Å². The van der Waals surface area contributed by atoms with E-state index in [1.54, 1.807) is 0 Å². The van der Waals surface area contributed by atoms with Gasteiger partial charge in [0.05, 0.1) is 16.1 Å². The topological polar surface area (TPSA) is 45.6 Å². The van der Waals surface area contributed by atoms with Crippen LogP contribution in [-0.4, -0.2) is 41.6 Å². The van der Waals surface area contributed by atoms with Gasteiger partial charge in [-0.3, -0.25) is 9.59 Å². The number of piperazine rings is 1. The largest absolute Gasteiger partial charge is 0.367 e. The first-order chi connectivity index (χ1) is 15.2. The molecular weight excluding hydrogens is 406 g/mol. The van der Waals surface area contributed by atoms with E-state index >= 15 is 0 Å². The van der Waals surface area contributed by atoms with Crippen LogP contribution in [-0.2, 0) is 6.54 Å². The van der Waals surface area contributed by atoms with E-state index in [4.69, 9.17) is 0 Å². The SMILES string of the molecule is O=C(c1cccs1)N1CCN(c2cc(=O)n(CC3CCCCC3)c3ccccc23)CC1. The molecule has 2 fully saturated rings. The lowest BCUT2D eigenvalue weighted by Gasteiger charge is -2.36. The molecule has 0 N–H and O–H groups in total. The normalized spacial score (nSPS) is 17.9. The molecule has 2 aromatic heterocycles. The van der Waals surface area contributed by atoms with E-state index in [1.807, 2.05) is 39.1 Å². The number of benzene rings is 1. The zero-order valence-electron chi connectivity index (χ0n) is 17.8. The highest BCUT2D eigenvalue weighted by atomic mass is 32.1. The van der Waals surface area contributed by atoms with Gasteiger partial charge in [0.1, 0.15) is 0 Å². The molecule has 0 spiro atoms.